The molecule has 6 nitrogen and oxygen atoms in total. The lowest BCUT2D eigenvalue weighted by Gasteiger charge is -2.14. The molecule has 0 atom stereocenters. The Hall–Kier alpha value is -2.15. The Bertz CT molecular complexity index is 689. The van der Waals surface area contributed by atoms with Gasteiger partial charge in [0, 0.05) is 11.4 Å². The SMILES string of the molecule is O=C(O)c1ccc(CNC(=O)c2cnn3c2CCCC3)s1. The fourth-order valence-corrected chi connectivity index (χ4v) is 3.25. The molecule has 1 aliphatic rings. The van der Waals surface area contributed by atoms with Crippen LogP contribution in [0.4, 0.5) is 0 Å². The van der Waals surface area contributed by atoms with Gasteiger partial charge >= 0.3 is 5.97 Å². The van der Waals surface area contributed by atoms with Crippen LogP contribution in [0.1, 0.15) is 43.4 Å². The lowest BCUT2D eigenvalue weighted by molar-refractivity contribution is 0.0702. The lowest BCUT2D eigenvalue weighted by Crippen LogP contribution is -2.24. The summed E-state index contributed by atoms with van der Waals surface area (Å²) in [6.07, 6.45) is 4.68. The van der Waals surface area contributed by atoms with Gasteiger partial charge in [0.15, 0.2) is 0 Å². The minimum Gasteiger partial charge on any atom is -0.477 e. The Morgan fingerprint density at radius 3 is 3.00 bits per heavy atom. The maximum Gasteiger partial charge on any atom is 0.345 e. The molecule has 0 saturated heterocycles. The molecule has 110 valence electrons. The summed E-state index contributed by atoms with van der Waals surface area (Å²) in [5.41, 5.74) is 1.63. The third-order valence-corrected chi connectivity index (χ3v) is 4.60. The van der Waals surface area contributed by atoms with Crippen LogP contribution in [0.2, 0.25) is 0 Å². The van der Waals surface area contributed by atoms with Gasteiger partial charge in [-0.05, 0) is 31.4 Å². The highest BCUT2D eigenvalue weighted by Gasteiger charge is 2.19. The summed E-state index contributed by atoms with van der Waals surface area (Å²) in [6.45, 7) is 1.21. The molecular weight excluding hydrogens is 290 g/mol. The van der Waals surface area contributed by atoms with Gasteiger partial charge in [-0.3, -0.25) is 9.48 Å². The zero-order valence-corrected chi connectivity index (χ0v) is 12.2. The normalized spacial score (nSPS) is 13.7. The molecule has 2 aromatic rings. The van der Waals surface area contributed by atoms with Crippen LogP contribution in [0.3, 0.4) is 0 Å². The van der Waals surface area contributed by atoms with E-state index in [9.17, 15) is 9.59 Å². The van der Waals surface area contributed by atoms with E-state index in [4.69, 9.17) is 5.11 Å². The molecule has 3 heterocycles. The zero-order chi connectivity index (χ0) is 14.8. The second kappa shape index (κ2) is 5.69. The molecule has 0 spiro atoms. The maximum atomic E-state index is 12.2. The van der Waals surface area contributed by atoms with E-state index < -0.39 is 5.97 Å². The summed E-state index contributed by atoms with van der Waals surface area (Å²) in [4.78, 5) is 24.1. The summed E-state index contributed by atoms with van der Waals surface area (Å²) < 4.78 is 1.89. The van der Waals surface area contributed by atoms with E-state index >= 15 is 0 Å². The number of amides is 1. The third kappa shape index (κ3) is 2.82. The highest BCUT2D eigenvalue weighted by molar-refractivity contribution is 7.13. The third-order valence-electron chi connectivity index (χ3n) is 3.52. The number of carbonyl (C=O) groups is 2. The maximum absolute atomic E-state index is 12.2. The Morgan fingerprint density at radius 1 is 1.38 bits per heavy atom. The first-order valence-electron chi connectivity index (χ1n) is 6.80. The van der Waals surface area contributed by atoms with Crippen LogP contribution >= 0.6 is 11.3 Å². The largest absolute Gasteiger partial charge is 0.477 e. The highest BCUT2D eigenvalue weighted by atomic mass is 32.1. The number of hydrogen-bond donors (Lipinski definition) is 2. The van der Waals surface area contributed by atoms with Crippen LogP contribution < -0.4 is 5.32 Å². The minimum atomic E-state index is -0.941. The quantitative estimate of drug-likeness (QED) is 0.903. The number of hydrogen-bond acceptors (Lipinski definition) is 4. The van der Waals surface area contributed by atoms with Crippen molar-refractivity contribution in [3.05, 3.63) is 39.3 Å². The number of carboxylic acids is 1. The smallest absolute Gasteiger partial charge is 0.345 e. The monoisotopic (exact) mass is 305 g/mol. The van der Waals surface area contributed by atoms with E-state index in [2.05, 4.69) is 10.4 Å². The summed E-state index contributed by atoms with van der Waals surface area (Å²) in [5, 5.41) is 15.9. The Kier molecular flexibility index (Phi) is 3.74. The second-order valence-electron chi connectivity index (χ2n) is 4.94. The molecular formula is C14H15N3O3S. The van der Waals surface area contributed by atoms with Crippen LogP contribution in [0, 0.1) is 0 Å². The predicted molar refractivity (Wildman–Crippen MR) is 77.6 cm³/mol. The van der Waals surface area contributed by atoms with Crippen molar-refractivity contribution in [1.82, 2.24) is 15.1 Å². The van der Waals surface area contributed by atoms with E-state index in [1.54, 1.807) is 18.3 Å². The first-order valence-corrected chi connectivity index (χ1v) is 7.61. The summed E-state index contributed by atoms with van der Waals surface area (Å²) in [7, 11) is 0. The second-order valence-corrected chi connectivity index (χ2v) is 6.11. The van der Waals surface area contributed by atoms with E-state index in [0.29, 0.717) is 12.1 Å². The number of aromatic carboxylic acids is 1. The summed E-state index contributed by atoms with van der Waals surface area (Å²) >= 11 is 1.17. The molecule has 0 radical (unpaired) electrons. The molecule has 0 bridgehead atoms. The van der Waals surface area contributed by atoms with Crippen LogP contribution in [0.25, 0.3) is 0 Å². The van der Waals surface area contributed by atoms with Crippen LogP contribution in [0.5, 0.6) is 0 Å². The number of thiophene rings is 1. The molecule has 1 aliphatic heterocycles. The number of nitrogens with one attached hydrogen (secondary N) is 1. The van der Waals surface area contributed by atoms with E-state index in [-0.39, 0.29) is 10.8 Å². The Balaban J connectivity index is 1.66. The van der Waals surface area contributed by atoms with Gasteiger partial charge < -0.3 is 10.4 Å². The van der Waals surface area contributed by atoms with Crippen molar-refractivity contribution in [3.63, 3.8) is 0 Å². The van der Waals surface area contributed by atoms with Gasteiger partial charge in [0.25, 0.3) is 5.91 Å². The van der Waals surface area contributed by atoms with Crippen molar-refractivity contribution < 1.29 is 14.7 Å². The molecule has 0 saturated carbocycles. The highest BCUT2D eigenvalue weighted by Crippen LogP contribution is 2.19. The predicted octanol–water partition coefficient (Wildman–Crippen LogP) is 1.91. The first-order chi connectivity index (χ1) is 10.1. The van der Waals surface area contributed by atoms with Gasteiger partial charge in [-0.2, -0.15) is 5.10 Å². The number of carbonyl (C=O) groups excluding carboxylic acids is 1. The van der Waals surface area contributed by atoms with Crippen LogP contribution in [-0.4, -0.2) is 26.8 Å². The lowest BCUT2D eigenvalue weighted by atomic mass is 10.1. The van der Waals surface area contributed by atoms with Gasteiger partial charge in [0.2, 0.25) is 0 Å². The molecule has 0 aromatic carbocycles. The van der Waals surface area contributed by atoms with E-state index in [0.717, 1.165) is 36.4 Å². The molecule has 2 N–H and O–H groups in total. The van der Waals surface area contributed by atoms with Crippen molar-refractivity contribution in [2.45, 2.75) is 32.4 Å². The molecule has 0 aliphatic carbocycles. The van der Waals surface area contributed by atoms with Gasteiger partial charge in [-0.25, -0.2) is 4.79 Å². The summed E-state index contributed by atoms with van der Waals surface area (Å²) in [6, 6.07) is 3.28. The van der Waals surface area contributed by atoms with Crippen molar-refractivity contribution in [3.8, 4) is 0 Å². The number of fused-ring (bicyclic) bond motifs is 1. The van der Waals surface area contributed by atoms with Crippen molar-refractivity contribution in [2.24, 2.45) is 0 Å². The van der Waals surface area contributed by atoms with E-state index in [1.165, 1.54) is 11.3 Å². The van der Waals surface area contributed by atoms with Gasteiger partial charge in [-0.1, -0.05) is 0 Å². The van der Waals surface area contributed by atoms with Crippen LogP contribution in [-0.2, 0) is 19.5 Å². The Labute approximate surface area is 125 Å². The Morgan fingerprint density at radius 2 is 2.24 bits per heavy atom. The molecule has 21 heavy (non-hydrogen) atoms. The van der Waals surface area contributed by atoms with Crippen LogP contribution in [0.15, 0.2) is 18.3 Å². The molecule has 0 unspecified atom stereocenters. The fourth-order valence-electron chi connectivity index (χ4n) is 2.46. The van der Waals surface area contributed by atoms with E-state index in [1.807, 2.05) is 4.68 Å². The zero-order valence-electron chi connectivity index (χ0n) is 11.3. The standard InChI is InChI=1S/C14H15N3O3S/c18-13(10-8-16-17-6-2-1-3-11(10)17)15-7-9-4-5-12(21-9)14(19)20/h4-5,8H,1-3,6-7H2,(H,15,18)(H,19,20). The van der Waals surface area contributed by atoms with Crippen molar-refractivity contribution in [1.29, 1.82) is 0 Å². The molecule has 3 rings (SSSR count). The number of aromatic nitrogens is 2. The number of rotatable bonds is 4. The van der Waals surface area contributed by atoms with Crippen molar-refractivity contribution >= 4 is 23.2 Å². The fraction of sp³-hybridized carbons (Fsp3) is 0.357. The average Bonchev–Trinajstić information content (AvgIpc) is 3.11. The number of carboxylic acid groups (broad SMARTS) is 1. The molecule has 2 aromatic heterocycles. The molecule has 1 amide bonds. The molecule has 0 fully saturated rings. The average molecular weight is 305 g/mol. The minimum absolute atomic E-state index is 0.150. The number of aryl methyl sites for hydroxylation is 1. The molecule has 7 heteroatoms. The topological polar surface area (TPSA) is 84.2 Å². The van der Waals surface area contributed by atoms with Gasteiger partial charge in [0.1, 0.15) is 4.88 Å². The van der Waals surface area contributed by atoms with Gasteiger partial charge in [0.05, 0.1) is 24.0 Å². The number of nitrogens with zero attached hydrogens (tertiary/aromatic N) is 2. The van der Waals surface area contributed by atoms with Gasteiger partial charge in [-0.15, -0.1) is 11.3 Å². The van der Waals surface area contributed by atoms with Crippen molar-refractivity contribution in [2.75, 3.05) is 0 Å². The first kappa shape index (κ1) is 13.8. The summed E-state index contributed by atoms with van der Waals surface area (Å²) in [5.74, 6) is -1.09.